The van der Waals surface area contributed by atoms with Crippen LogP contribution in [0.5, 0.6) is 0 Å². The molecule has 0 fully saturated rings. The van der Waals surface area contributed by atoms with E-state index in [1.54, 1.807) is 11.6 Å². The molecule has 1 aromatic carbocycles. The van der Waals surface area contributed by atoms with Crippen molar-refractivity contribution >= 4 is 38.4 Å². The molecule has 0 aliphatic carbocycles. The normalized spacial score (nSPS) is 11.3. The second-order valence-electron chi connectivity index (χ2n) is 5.51. The molecule has 0 spiro atoms. The van der Waals surface area contributed by atoms with Crippen LogP contribution in [0.15, 0.2) is 30.3 Å². The molecule has 7 nitrogen and oxygen atoms in total. The summed E-state index contributed by atoms with van der Waals surface area (Å²) in [5.74, 6) is 0.225. The van der Waals surface area contributed by atoms with Crippen molar-refractivity contribution in [3.8, 4) is 0 Å². The zero-order valence-corrected chi connectivity index (χ0v) is 14.2. The van der Waals surface area contributed by atoms with Gasteiger partial charge in [-0.15, -0.1) is 5.10 Å². The van der Waals surface area contributed by atoms with Gasteiger partial charge in [-0.25, -0.2) is 14.5 Å². The van der Waals surface area contributed by atoms with Gasteiger partial charge in [-0.3, -0.25) is 9.69 Å². The molecule has 0 saturated carbocycles. The highest BCUT2D eigenvalue weighted by molar-refractivity contribution is 7.22. The van der Waals surface area contributed by atoms with Crippen LogP contribution in [0.2, 0.25) is 0 Å². The first-order chi connectivity index (χ1) is 11.5. The molecule has 3 aromatic heterocycles. The summed E-state index contributed by atoms with van der Waals surface area (Å²) in [6.45, 7) is 3.79. The molecule has 0 bridgehead atoms. The highest BCUT2D eigenvalue weighted by Gasteiger charge is 2.22. The zero-order chi connectivity index (χ0) is 16.8. The number of fused-ring (bicyclic) bond motifs is 2. The van der Waals surface area contributed by atoms with E-state index in [2.05, 4.69) is 20.1 Å². The number of carbonyl (C=O) groups is 1. The van der Waals surface area contributed by atoms with Gasteiger partial charge in [-0.05, 0) is 32.0 Å². The fourth-order valence-corrected chi connectivity index (χ4v) is 3.42. The summed E-state index contributed by atoms with van der Waals surface area (Å²) in [6, 6.07) is 9.68. The molecule has 0 saturated heterocycles. The number of thiazole rings is 1. The molecular formula is C16H14N6OS. The number of para-hydroxylation sites is 1. The number of benzene rings is 1. The molecule has 0 atom stereocenters. The first-order valence-corrected chi connectivity index (χ1v) is 8.19. The van der Waals surface area contributed by atoms with Gasteiger partial charge in [0.05, 0.1) is 10.2 Å². The third-order valence-electron chi connectivity index (χ3n) is 3.68. The van der Waals surface area contributed by atoms with Crippen LogP contribution >= 0.6 is 11.3 Å². The van der Waals surface area contributed by atoms with Crippen LogP contribution in [0.1, 0.15) is 22.0 Å². The molecule has 0 radical (unpaired) electrons. The van der Waals surface area contributed by atoms with Crippen LogP contribution < -0.4 is 4.90 Å². The predicted octanol–water partition coefficient (Wildman–Crippen LogP) is 2.63. The third-order valence-corrected chi connectivity index (χ3v) is 4.80. The number of aromatic nitrogens is 5. The molecule has 0 unspecified atom stereocenters. The number of amides is 1. The molecule has 3 heterocycles. The lowest BCUT2D eigenvalue weighted by atomic mass is 10.3. The van der Waals surface area contributed by atoms with Gasteiger partial charge in [0.2, 0.25) is 5.82 Å². The average Bonchev–Trinajstić information content (AvgIpc) is 3.17. The van der Waals surface area contributed by atoms with Crippen molar-refractivity contribution in [1.82, 2.24) is 24.6 Å². The van der Waals surface area contributed by atoms with Gasteiger partial charge in [0.1, 0.15) is 0 Å². The Morgan fingerprint density at radius 1 is 1.17 bits per heavy atom. The van der Waals surface area contributed by atoms with E-state index in [1.807, 2.05) is 44.2 Å². The highest BCUT2D eigenvalue weighted by Crippen LogP contribution is 2.28. The number of anilines is 1. The lowest BCUT2D eigenvalue weighted by Crippen LogP contribution is -2.27. The van der Waals surface area contributed by atoms with Gasteiger partial charge in [0, 0.05) is 18.4 Å². The number of nitrogens with zero attached hydrogens (tertiary/aromatic N) is 6. The van der Waals surface area contributed by atoms with Gasteiger partial charge < -0.3 is 0 Å². The maximum Gasteiger partial charge on any atom is 0.299 e. The number of carbonyl (C=O) groups excluding carboxylic acids is 1. The lowest BCUT2D eigenvalue weighted by Gasteiger charge is -2.10. The Balaban J connectivity index is 1.73. The Kier molecular flexibility index (Phi) is 3.27. The summed E-state index contributed by atoms with van der Waals surface area (Å²) in [4.78, 5) is 27.3. The molecular weight excluding hydrogens is 324 g/mol. The topological polar surface area (TPSA) is 76.3 Å². The first kappa shape index (κ1) is 14.7. The summed E-state index contributed by atoms with van der Waals surface area (Å²) in [6.07, 6.45) is 0. The van der Waals surface area contributed by atoms with E-state index in [9.17, 15) is 4.79 Å². The largest absolute Gasteiger partial charge is 0.299 e. The summed E-state index contributed by atoms with van der Waals surface area (Å²) in [5.41, 5.74) is 2.59. The van der Waals surface area contributed by atoms with Crippen LogP contribution in [0, 0.1) is 13.8 Å². The van der Waals surface area contributed by atoms with Crippen LogP contribution in [0.4, 0.5) is 5.13 Å². The minimum absolute atomic E-state index is 0.109. The smallest absolute Gasteiger partial charge is 0.284 e. The van der Waals surface area contributed by atoms with Gasteiger partial charge in [-0.1, -0.05) is 23.5 Å². The second-order valence-corrected chi connectivity index (χ2v) is 6.52. The van der Waals surface area contributed by atoms with E-state index >= 15 is 0 Å². The number of hydrogen-bond acceptors (Lipinski definition) is 6. The van der Waals surface area contributed by atoms with Gasteiger partial charge in [0.25, 0.3) is 11.7 Å². The van der Waals surface area contributed by atoms with Crippen molar-refractivity contribution in [1.29, 1.82) is 0 Å². The second kappa shape index (κ2) is 5.34. The van der Waals surface area contributed by atoms with Crippen molar-refractivity contribution in [2.45, 2.75) is 13.8 Å². The molecule has 0 N–H and O–H groups in total. The maximum atomic E-state index is 12.7. The fraction of sp³-hybridized carbons (Fsp3) is 0.188. The van der Waals surface area contributed by atoms with Crippen molar-refractivity contribution in [2.75, 3.05) is 11.9 Å². The van der Waals surface area contributed by atoms with E-state index in [-0.39, 0.29) is 11.7 Å². The van der Waals surface area contributed by atoms with Crippen LogP contribution in [0.25, 0.3) is 16.0 Å². The third kappa shape index (κ3) is 2.31. The van der Waals surface area contributed by atoms with Crippen molar-refractivity contribution < 1.29 is 4.79 Å². The minimum Gasteiger partial charge on any atom is -0.284 e. The lowest BCUT2D eigenvalue weighted by molar-refractivity contribution is 0.0983. The molecule has 0 aliphatic heterocycles. The first-order valence-electron chi connectivity index (χ1n) is 7.37. The summed E-state index contributed by atoms with van der Waals surface area (Å²) in [7, 11) is 1.68. The van der Waals surface area contributed by atoms with Crippen LogP contribution in [0.3, 0.4) is 0 Å². The van der Waals surface area contributed by atoms with E-state index < -0.39 is 0 Å². The Bertz CT molecular complexity index is 1050. The Labute approximate surface area is 141 Å². The van der Waals surface area contributed by atoms with Gasteiger partial charge in [-0.2, -0.15) is 4.98 Å². The molecule has 4 rings (SSSR count). The molecule has 1 amide bonds. The number of aryl methyl sites for hydroxylation is 2. The van der Waals surface area contributed by atoms with Crippen molar-refractivity contribution in [3.05, 3.63) is 47.5 Å². The maximum absolute atomic E-state index is 12.7. The quantitative estimate of drug-likeness (QED) is 0.561. The van der Waals surface area contributed by atoms with E-state index in [0.29, 0.717) is 10.9 Å². The molecule has 24 heavy (non-hydrogen) atoms. The Hall–Kier alpha value is -2.87. The molecule has 120 valence electrons. The number of rotatable bonds is 2. The van der Waals surface area contributed by atoms with Crippen molar-refractivity contribution in [2.24, 2.45) is 0 Å². The molecule has 4 aromatic rings. The van der Waals surface area contributed by atoms with Crippen LogP contribution in [-0.2, 0) is 0 Å². The summed E-state index contributed by atoms with van der Waals surface area (Å²) in [5, 5.41) is 4.89. The predicted molar refractivity (Wildman–Crippen MR) is 92.6 cm³/mol. The Morgan fingerprint density at radius 3 is 2.75 bits per heavy atom. The highest BCUT2D eigenvalue weighted by atomic mass is 32.1. The van der Waals surface area contributed by atoms with Crippen LogP contribution in [-0.4, -0.2) is 37.5 Å². The SMILES string of the molecule is Cc1cc(C)n2nc(C(=O)N(C)c3nc4ccccc4s3)nc2n1. The average molecular weight is 338 g/mol. The monoisotopic (exact) mass is 338 g/mol. The standard InChI is InChI=1S/C16H14N6OS/c1-9-8-10(2)22-15(17-9)19-13(20-22)14(23)21(3)16-18-11-6-4-5-7-12(11)24-16/h4-8H,1-3H3. The number of hydrogen-bond donors (Lipinski definition) is 0. The van der Waals surface area contributed by atoms with E-state index in [4.69, 9.17) is 0 Å². The van der Waals surface area contributed by atoms with E-state index in [0.717, 1.165) is 21.6 Å². The molecule has 0 aliphatic rings. The summed E-state index contributed by atoms with van der Waals surface area (Å²) >= 11 is 1.46. The van der Waals surface area contributed by atoms with Gasteiger partial charge in [0.15, 0.2) is 5.13 Å². The Morgan fingerprint density at radius 2 is 1.96 bits per heavy atom. The zero-order valence-electron chi connectivity index (χ0n) is 13.4. The minimum atomic E-state index is -0.309. The summed E-state index contributed by atoms with van der Waals surface area (Å²) < 4.78 is 2.61. The fourth-order valence-electron chi connectivity index (χ4n) is 2.50. The van der Waals surface area contributed by atoms with Crippen molar-refractivity contribution in [3.63, 3.8) is 0 Å². The molecule has 8 heteroatoms. The van der Waals surface area contributed by atoms with Gasteiger partial charge >= 0.3 is 0 Å². The van der Waals surface area contributed by atoms with E-state index in [1.165, 1.54) is 16.2 Å².